The molecule has 148 valence electrons. The molecule has 1 aliphatic heterocycles. The van der Waals surface area contributed by atoms with Crippen LogP contribution in [0.3, 0.4) is 0 Å². The number of phenolic OH excluding ortho intramolecular Hbond substituents is 1. The topological polar surface area (TPSA) is 47.3 Å². The minimum atomic E-state index is 0.169. The summed E-state index contributed by atoms with van der Waals surface area (Å²) in [7, 11) is 0. The van der Waals surface area contributed by atoms with Crippen molar-refractivity contribution in [3.8, 4) is 22.9 Å². The highest BCUT2D eigenvalue weighted by Gasteiger charge is 2.37. The lowest BCUT2D eigenvalue weighted by Crippen LogP contribution is -2.42. The lowest BCUT2D eigenvalue weighted by molar-refractivity contribution is 0.0616. The Labute approximate surface area is 169 Å². The maximum absolute atomic E-state index is 10.6. The van der Waals surface area contributed by atoms with Gasteiger partial charge in [0.25, 0.3) is 0 Å². The van der Waals surface area contributed by atoms with Gasteiger partial charge in [-0.2, -0.15) is 5.26 Å². The summed E-state index contributed by atoms with van der Waals surface area (Å²) in [5, 5.41) is 19.8. The molecule has 0 unspecified atom stereocenters. The van der Waals surface area contributed by atoms with Gasteiger partial charge in [0.15, 0.2) is 0 Å². The van der Waals surface area contributed by atoms with Gasteiger partial charge < -0.3 is 5.11 Å². The number of likely N-dealkylation sites (tertiary alicyclic amines) is 1. The summed E-state index contributed by atoms with van der Waals surface area (Å²) in [5.74, 6) is 0.886. The van der Waals surface area contributed by atoms with Crippen molar-refractivity contribution in [2.24, 2.45) is 11.3 Å². The van der Waals surface area contributed by atoms with Crippen molar-refractivity contribution in [1.82, 2.24) is 4.90 Å². The lowest BCUT2D eigenvalue weighted by Gasteiger charge is -2.43. The quantitative estimate of drug-likeness (QED) is 0.696. The zero-order chi connectivity index (χ0) is 20.1. The van der Waals surface area contributed by atoms with E-state index in [4.69, 9.17) is 0 Å². The van der Waals surface area contributed by atoms with Crippen molar-refractivity contribution in [3.05, 3.63) is 53.6 Å². The molecule has 0 radical (unpaired) electrons. The Morgan fingerprint density at radius 2 is 1.71 bits per heavy atom. The number of piperidine rings is 1. The summed E-state index contributed by atoms with van der Waals surface area (Å²) in [5.41, 5.74) is 4.56. The maximum atomic E-state index is 10.6. The Balaban J connectivity index is 1.66. The highest BCUT2D eigenvalue weighted by atomic mass is 16.3. The first-order valence-corrected chi connectivity index (χ1v) is 10.5. The highest BCUT2D eigenvalue weighted by molar-refractivity contribution is 5.70. The van der Waals surface area contributed by atoms with Gasteiger partial charge in [-0.3, -0.25) is 4.90 Å². The second-order valence-electron chi connectivity index (χ2n) is 8.53. The summed E-state index contributed by atoms with van der Waals surface area (Å²) < 4.78 is 0. The Kier molecular flexibility index (Phi) is 6.42. The molecule has 1 aliphatic rings. The van der Waals surface area contributed by atoms with E-state index in [9.17, 15) is 10.4 Å². The van der Waals surface area contributed by atoms with Crippen LogP contribution in [0, 0.1) is 22.7 Å². The van der Waals surface area contributed by atoms with Gasteiger partial charge >= 0.3 is 0 Å². The zero-order valence-corrected chi connectivity index (χ0v) is 17.4. The number of nitriles is 1. The third-order valence-corrected chi connectivity index (χ3v) is 6.65. The van der Waals surface area contributed by atoms with Crippen LogP contribution in [0.15, 0.2) is 42.5 Å². The minimum absolute atomic E-state index is 0.169. The Hall–Kier alpha value is -2.31. The summed E-state index contributed by atoms with van der Waals surface area (Å²) in [6.07, 6.45) is 3.83. The van der Waals surface area contributed by atoms with Crippen molar-refractivity contribution in [2.75, 3.05) is 13.1 Å². The number of nitrogens with zero attached hydrogens (tertiary/aromatic N) is 2. The van der Waals surface area contributed by atoms with E-state index in [1.165, 1.54) is 5.56 Å². The summed E-state index contributed by atoms with van der Waals surface area (Å²) >= 11 is 0. The van der Waals surface area contributed by atoms with Crippen molar-refractivity contribution >= 4 is 0 Å². The normalized spacial score (nSPS) is 16.8. The summed E-state index contributed by atoms with van der Waals surface area (Å²) in [6.45, 7) is 9.52. The van der Waals surface area contributed by atoms with E-state index in [1.54, 1.807) is 0 Å². The van der Waals surface area contributed by atoms with Crippen molar-refractivity contribution in [3.63, 3.8) is 0 Å². The van der Waals surface area contributed by atoms with Gasteiger partial charge in [0.2, 0.25) is 0 Å². The lowest BCUT2D eigenvalue weighted by atomic mass is 9.68. The molecule has 1 saturated heterocycles. The summed E-state index contributed by atoms with van der Waals surface area (Å²) in [4.78, 5) is 2.45. The first-order chi connectivity index (χ1) is 13.5. The molecule has 0 bridgehead atoms. The van der Waals surface area contributed by atoms with Crippen LogP contribution < -0.4 is 0 Å². The molecule has 0 amide bonds. The Morgan fingerprint density at radius 3 is 2.25 bits per heavy atom. The molecule has 0 aromatic heterocycles. The zero-order valence-electron chi connectivity index (χ0n) is 17.4. The molecule has 0 atom stereocenters. The van der Waals surface area contributed by atoms with Gasteiger partial charge in [-0.25, -0.2) is 0 Å². The van der Waals surface area contributed by atoms with E-state index in [0.29, 0.717) is 18.1 Å². The standard InChI is InChI=1S/C25H32N2O/c1-4-20-5-8-22(9-6-20)23-10-7-21(17-24(23)28)18-27-15-12-25(11-14-26,13-16-27)19(2)3/h5-10,17,19,28H,4,11-13,15-16,18H2,1-3H3. The van der Waals surface area contributed by atoms with E-state index in [1.807, 2.05) is 12.1 Å². The highest BCUT2D eigenvalue weighted by Crippen LogP contribution is 2.42. The number of aromatic hydroxyl groups is 1. The molecule has 0 aliphatic carbocycles. The molecule has 1 heterocycles. The fourth-order valence-corrected chi connectivity index (χ4v) is 4.37. The summed E-state index contributed by atoms with van der Waals surface area (Å²) in [6, 6.07) is 16.9. The van der Waals surface area contributed by atoms with E-state index < -0.39 is 0 Å². The number of hydrogen-bond donors (Lipinski definition) is 1. The average Bonchev–Trinajstić information content (AvgIpc) is 2.70. The molecule has 3 rings (SSSR count). The van der Waals surface area contributed by atoms with E-state index in [2.05, 4.69) is 62.1 Å². The third-order valence-electron chi connectivity index (χ3n) is 6.65. The van der Waals surface area contributed by atoms with Gasteiger partial charge in [0, 0.05) is 18.5 Å². The van der Waals surface area contributed by atoms with Gasteiger partial charge in [-0.1, -0.05) is 57.2 Å². The predicted octanol–water partition coefficient (Wildman–Crippen LogP) is 5.77. The number of hydrogen-bond acceptors (Lipinski definition) is 3. The fraction of sp³-hybridized carbons (Fsp3) is 0.480. The van der Waals surface area contributed by atoms with Crippen LogP contribution in [0.2, 0.25) is 0 Å². The largest absolute Gasteiger partial charge is 0.507 e. The Morgan fingerprint density at radius 1 is 1.07 bits per heavy atom. The second-order valence-corrected chi connectivity index (χ2v) is 8.53. The molecule has 1 fully saturated rings. The maximum Gasteiger partial charge on any atom is 0.123 e. The van der Waals surface area contributed by atoms with Crippen LogP contribution in [0.5, 0.6) is 5.75 Å². The van der Waals surface area contributed by atoms with Crippen LogP contribution in [0.25, 0.3) is 11.1 Å². The first-order valence-electron chi connectivity index (χ1n) is 10.5. The van der Waals surface area contributed by atoms with Crippen molar-refractivity contribution in [1.29, 1.82) is 5.26 Å². The van der Waals surface area contributed by atoms with Crippen LogP contribution >= 0.6 is 0 Å². The van der Waals surface area contributed by atoms with E-state index in [0.717, 1.165) is 55.6 Å². The predicted molar refractivity (Wildman–Crippen MR) is 115 cm³/mol. The van der Waals surface area contributed by atoms with Crippen molar-refractivity contribution < 1.29 is 5.11 Å². The molecule has 2 aromatic carbocycles. The molecular formula is C25H32N2O. The van der Waals surface area contributed by atoms with E-state index in [-0.39, 0.29) is 5.41 Å². The van der Waals surface area contributed by atoms with Gasteiger partial charge in [0.05, 0.1) is 6.07 Å². The monoisotopic (exact) mass is 376 g/mol. The molecule has 28 heavy (non-hydrogen) atoms. The smallest absolute Gasteiger partial charge is 0.123 e. The van der Waals surface area contributed by atoms with Crippen molar-refractivity contribution in [2.45, 2.75) is 53.0 Å². The molecule has 3 heteroatoms. The second kappa shape index (κ2) is 8.80. The third kappa shape index (κ3) is 4.39. The molecule has 0 spiro atoms. The average molecular weight is 377 g/mol. The van der Waals surface area contributed by atoms with E-state index >= 15 is 0 Å². The number of aryl methyl sites for hydroxylation is 1. The Bertz CT molecular complexity index is 825. The first kappa shape index (κ1) is 20.4. The minimum Gasteiger partial charge on any atom is -0.507 e. The van der Waals surface area contributed by atoms with Crippen LogP contribution in [-0.4, -0.2) is 23.1 Å². The number of phenols is 1. The van der Waals surface area contributed by atoms with Crippen LogP contribution in [-0.2, 0) is 13.0 Å². The fourth-order valence-electron chi connectivity index (χ4n) is 4.37. The molecular weight excluding hydrogens is 344 g/mol. The van der Waals surface area contributed by atoms with Crippen LogP contribution in [0.1, 0.15) is 51.2 Å². The SMILES string of the molecule is CCc1ccc(-c2ccc(CN3CCC(CC#N)(C(C)C)CC3)cc2O)cc1. The molecule has 1 N–H and O–H groups in total. The molecule has 3 nitrogen and oxygen atoms in total. The number of benzene rings is 2. The van der Waals surface area contributed by atoms with Gasteiger partial charge in [-0.15, -0.1) is 0 Å². The van der Waals surface area contributed by atoms with Crippen LogP contribution in [0.4, 0.5) is 0 Å². The van der Waals surface area contributed by atoms with Gasteiger partial charge in [-0.05, 0) is 66.4 Å². The van der Waals surface area contributed by atoms with Gasteiger partial charge in [0.1, 0.15) is 5.75 Å². The molecule has 2 aromatic rings. The number of rotatable bonds is 6. The molecule has 0 saturated carbocycles.